The van der Waals surface area contributed by atoms with E-state index in [2.05, 4.69) is 15.1 Å². The zero-order chi connectivity index (χ0) is 19.9. The second-order valence-electron chi connectivity index (χ2n) is 7.39. The Morgan fingerprint density at radius 2 is 2.04 bits per heavy atom. The number of fused-ring (bicyclic) bond motifs is 2. The molecule has 2 aliphatic heterocycles. The molecule has 2 aromatic rings. The minimum Gasteiger partial charge on any atom is -0.486 e. The minimum atomic E-state index is -3.83. The Hall–Kier alpha value is -1.98. The van der Waals surface area contributed by atoms with E-state index in [-0.39, 0.29) is 23.6 Å². The molecule has 28 heavy (non-hydrogen) atoms. The maximum Gasteiger partial charge on any atom is 0.244 e. The highest BCUT2D eigenvalue weighted by molar-refractivity contribution is 7.89. The topological polar surface area (TPSA) is 109 Å². The number of ether oxygens (including phenoxy) is 1. The molecule has 3 atom stereocenters. The first kappa shape index (κ1) is 19.3. The maximum atomic E-state index is 12.8. The van der Waals surface area contributed by atoms with Crippen LogP contribution in [0.2, 0.25) is 0 Å². The van der Waals surface area contributed by atoms with Gasteiger partial charge in [0, 0.05) is 45.0 Å². The van der Waals surface area contributed by atoms with E-state index < -0.39 is 16.1 Å². The molecule has 1 fully saturated rings. The fraction of sp³-hybridized carbons (Fsp3) is 0.500. The largest absolute Gasteiger partial charge is 0.486 e. The third-order valence-corrected chi connectivity index (χ3v) is 6.71. The molecule has 0 spiro atoms. The van der Waals surface area contributed by atoms with Crippen molar-refractivity contribution in [2.75, 3.05) is 33.2 Å². The Kier molecular flexibility index (Phi) is 5.15. The van der Waals surface area contributed by atoms with Crippen LogP contribution in [0.4, 0.5) is 0 Å². The number of nitrogens with one attached hydrogen (secondary N) is 2. The Labute approximate surface area is 164 Å². The van der Waals surface area contributed by atoms with Crippen molar-refractivity contribution in [1.82, 2.24) is 24.7 Å². The van der Waals surface area contributed by atoms with Gasteiger partial charge in [-0.1, -0.05) is 6.07 Å². The lowest BCUT2D eigenvalue weighted by Gasteiger charge is -2.30. The molecule has 1 aromatic carbocycles. The molecule has 3 N–H and O–H groups in total. The molecule has 0 bridgehead atoms. The average Bonchev–Trinajstić information content (AvgIpc) is 3.28. The highest BCUT2D eigenvalue weighted by Crippen LogP contribution is 2.32. The van der Waals surface area contributed by atoms with Gasteiger partial charge in [-0.2, -0.15) is 5.10 Å². The van der Waals surface area contributed by atoms with Gasteiger partial charge in [-0.05, 0) is 24.7 Å². The van der Waals surface area contributed by atoms with E-state index in [1.807, 2.05) is 25.2 Å². The van der Waals surface area contributed by atoms with Gasteiger partial charge in [0.25, 0.3) is 0 Å². The van der Waals surface area contributed by atoms with Crippen LogP contribution in [-0.2, 0) is 17.1 Å². The Bertz CT molecular complexity index is 961. The third kappa shape index (κ3) is 3.78. The summed E-state index contributed by atoms with van der Waals surface area (Å²) in [5, 5.41) is 17.7. The molecule has 0 amide bonds. The normalized spacial score (nSPS) is 28.0. The lowest BCUT2D eigenvalue weighted by Crippen LogP contribution is -2.47. The summed E-state index contributed by atoms with van der Waals surface area (Å²) in [7, 11) is -0.0834. The van der Waals surface area contributed by atoms with Gasteiger partial charge in [0.05, 0.1) is 18.3 Å². The molecule has 0 aliphatic carbocycles. The highest BCUT2D eigenvalue weighted by atomic mass is 32.2. The predicted octanol–water partition coefficient (Wildman–Crippen LogP) is -0.609. The van der Waals surface area contributed by atoms with Crippen molar-refractivity contribution in [3.63, 3.8) is 0 Å². The summed E-state index contributed by atoms with van der Waals surface area (Å²) in [5.74, 6) is 0.303. The number of hydrogen-bond acceptors (Lipinski definition) is 7. The standard InChI is InChI=1S/C18H25N5O4S/c1-22-11-14(24)7-21-28(25,26)18-4-3-12(13-6-20-23(2)10-13)5-16(18)27-17-9-19-8-15(17)22/h3-6,10,14-15,17,19,21,24H,7-9,11H2,1-2H3/t14-,15+,17-/m0/s1. The first-order valence-corrected chi connectivity index (χ1v) is 10.7. The van der Waals surface area contributed by atoms with E-state index in [9.17, 15) is 13.5 Å². The van der Waals surface area contributed by atoms with Crippen LogP contribution in [0.1, 0.15) is 0 Å². The number of aryl methyl sites for hydroxylation is 1. The van der Waals surface area contributed by atoms with Crippen LogP contribution in [-0.4, -0.2) is 79.7 Å². The summed E-state index contributed by atoms with van der Waals surface area (Å²) < 4.78 is 36.1. The second-order valence-corrected chi connectivity index (χ2v) is 9.13. The zero-order valence-electron chi connectivity index (χ0n) is 15.9. The molecule has 4 rings (SSSR count). The summed E-state index contributed by atoms with van der Waals surface area (Å²) >= 11 is 0. The number of aliphatic hydroxyl groups excluding tert-OH is 1. The van der Waals surface area contributed by atoms with Gasteiger partial charge in [-0.25, -0.2) is 13.1 Å². The van der Waals surface area contributed by atoms with E-state index in [4.69, 9.17) is 4.74 Å². The second kappa shape index (κ2) is 7.45. The average molecular weight is 407 g/mol. The van der Waals surface area contributed by atoms with Crippen LogP contribution in [0.3, 0.4) is 0 Å². The maximum absolute atomic E-state index is 12.8. The number of sulfonamides is 1. The lowest BCUT2D eigenvalue weighted by atomic mass is 10.1. The monoisotopic (exact) mass is 407 g/mol. The van der Waals surface area contributed by atoms with Crippen LogP contribution in [0, 0.1) is 0 Å². The van der Waals surface area contributed by atoms with Crippen LogP contribution in [0.25, 0.3) is 11.1 Å². The number of aromatic nitrogens is 2. The number of rotatable bonds is 1. The number of β-amino-alcohol motifs (C(OH)–C–C–N with tert-alkyl or cyclic N) is 1. The molecule has 152 valence electrons. The number of likely N-dealkylation sites (N-methyl/N-ethyl adjacent to an activating group) is 1. The van der Waals surface area contributed by atoms with Gasteiger partial charge in [0.15, 0.2) is 0 Å². The molecule has 0 unspecified atom stereocenters. The van der Waals surface area contributed by atoms with Gasteiger partial charge in [0.1, 0.15) is 16.7 Å². The summed E-state index contributed by atoms with van der Waals surface area (Å²) in [6, 6.07) is 5.07. The predicted molar refractivity (Wildman–Crippen MR) is 104 cm³/mol. The Balaban J connectivity index is 1.78. The SMILES string of the molecule is CN1C[C@@H](O)CNS(=O)(=O)c2ccc(-c3cnn(C)c3)cc2O[C@H]2CNC[C@H]21. The summed E-state index contributed by atoms with van der Waals surface area (Å²) in [6.07, 6.45) is 2.55. The van der Waals surface area contributed by atoms with Crippen LogP contribution < -0.4 is 14.8 Å². The van der Waals surface area contributed by atoms with Crippen molar-refractivity contribution in [3.05, 3.63) is 30.6 Å². The van der Waals surface area contributed by atoms with E-state index in [1.165, 1.54) is 0 Å². The number of hydrogen-bond donors (Lipinski definition) is 3. The first-order valence-electron chi connectivity index (χ1n) is 9.22. The highest BCUT2D eigenvalue weighted by Gasteiger charge is 2.35. The summed E-state index contributed by atoms with van der Waals surface area (Å²) in [6.45, 7) is 1.62. The van der Waals surface area contributed by atoms with Crippen molar-refractivity contribution in [2.24, 2.45) is 7.05 Å². The smallest absolute Gasteiger partial charge is 0.244 e. The third-order valence-electron chi connectivity index (χ3n) is 5.25. The zero-order valence-corrected chi connectivity index (χ0v) is 16.7. The van der Waals surface area contributed by atoms with Gasteiger partial charge >= 0.3 is 0 Å². The van der Waals surface area contributed by atoms with E-state index in [0.29, 0.717) is 25.4 Å². The molecular formula is C18H25N5O4S. The van der Waals surface area contributed by atoms with E-state index in [0.717, 1.165) is 11.1 Å². The molecule has 0 radical (unpaired) electrons. The quantitative estimate of drug-likeness (QED) is 0.579. The molecule has 1 aromatic heterocycles. The summed E-state index contributed by atoms with van der Waals surface area (Å²) in [5.41, 5.74) is 1.70. The van der Waals surface area contributed by atoms with Crippen molar-refractivity contribution in [1.29, 1.82) is 0 Å². The van der Waals surface area contributed by atoms with Gasteiger partial charge in [-0.15, -0.1) is 0 Å². The van der Waals surface area contributed by atoms with E-state index in [1.54, 1.807) is 29.1 Å². The van der Waals surface area contributed by atoms with Gasteiger partial charge in [-0.3, -0.25) is 9.58 Å². The van der Waals surface area contributed by atoms with Gasteiger partial charge < -0.3 is 15.2 Å². The van der Waals surface area contributed by atoms with Crippen molar-refractivity contribution < 1.29 is 18.3 Å². The molecule has 1 saturated heterocycles. The number of benzene rings is 1. The van der Waals surface area contributed by atoms with Gasteiger partial charge in [0.2, 0.25) is 10.0 Å². The Morgan fingerprint density at radius 1 is 1.21 bits per heavy atom. The van der Waals surface area contributed by atoms with Crippen molar-refractivity contribution in [2.45, 2.75) is 23.1 Å². The van der Waals surface area contributed by atoms with Crippen LogP contribution in [0.15, 0.2) is 35.5 Å². The fourth-order valence-electron chi connectivity index (χ4n) is 3.75. The van der Waals surface area contributed by atoms with Crippen LogP contribution >= 0.6 is 0 Å². The molecule has 10 heteroatoms. The Morgan fingerprint density at radius 3 is 2.79 bits per heavy atom. The number of aliphatic hydroxyl groups is 1. The molecule has 3 heterocycles. The van der Waals surface area contributed by atoms with E-state index >= 15 is 0 Å². The first-order chi connectivity index (χ1) is 13.3. The van der Waals surface area contributed by atoms with Crippen LogP contribution in [0.5, 0.6) is 5.75 Å². The fourth-order valence-corrected chi connectivity index (χ4v) is 4.94. The molecule has 9 nitrogen and oxygen atoms in total. The molecule has 0 saturated carbocycles. The lowest BCUT2D eigenvalue weighted by molar-refractivity contribution is 0.0714. The van der Waals surface area contributed by atoms with Crippen molar-refractivity contribution in [3.8, 4) is 16.9 Å². The molecule has 2 aliphatic rings. The summed E-state index contributed by atoms with van der Waals surface area (Å²) in [4.78, 5) is 2.09. The minimum absolute atomic E-state index is 0.0327. The molecular weight excluding hydrogens is 382 g/mol. The number of nitrogens with zero attached hydrogens (tertiary/aromatic N) is 3. The van der Waals surface area contributed by atoms with Crippen molar-refractivity contribution >= 4 is 10.0 Å².